The van der Waals surface area contributed by atoms with Gasteiger partial charge in [0.1, 0.15) is 15.8 Å². The predicted octanol–water partition coefficient (Wildman–Crippen LogP) is 4.47. The van der Waals surface area contributed by atoms with E-state index in [4.69, 9.17) is 4.74 Å². The lowest BCUT2D eigenvalue weighted by Crippen LogP contribution is -2.10. The van der Waals surface area contributed by atoms with Crippen LogP contribution in [0.15, 0.2) is 40.9 Å². The molecule has 90 valence electrons. The van der Waals surface area contributed by atoms with Crippen molar-refractivity contribution in [2.75, 3.05) is 5.52 Å². The molecule has 4 heteroatoms. The van der Waals surface area contributed by atoms with Crippen LogP contribution in [0.1, 0.15) is 15.9 Å². The Morgan fingerprint density at radius 2 is 1.72 bits per heavy atom. The van der Waals surface area contributed by atoms with Crippen molar-refractivity contribution in [1.29, 1.82) is 0 Å². The Kier molecular flexibility index (Phi) is 2.99. The van der Waals surface area contributed by atoms with Crippen LogP contribution in [0.5, 0.6) is 0 Å². The van der Waals surface area contributed by atoms with Crippen LogP contribution in [0, 0.1) is 0 Å². The number of alkyl halides is 1. The molecule has 0 N–H and O–H groups in total. The van der Waals surface area contributed by atoms with Gasteiger partial charge in [0, 0.05) is 16.5 Å². The number of carbonyl (C=O) groups excluding carboxylic acids is 1. The summed E-state index contributed by atoms with van der Waals surface area (Å²) in [5, 5.41) is 2.01. The molecule has 0 unspecified atom stereocenters. The fourth-order valence-corrected chi connectivity index (χ4v) is 3.03. The molecule has 0 bridgehead atoms. The molecular formula is C14H8Br2O2. The topological polar surface area (TPSA) is 26.3 Å². The first-order chi connectivity index (χ1) is 8.74. The molecule has 0 radical (unpaired) electrons. The SMILES string of the molecule is O=C1C(Br)=C(OCBr)c2cccc3cccc1c23. The molecule has 18 heavy (non-hydrogen) atoms. The van der Waals surface area contributed by atoms with E-state index in [9.17, 15) is 4.79 Å². The highest BCUT2D eigenvalue weighted by molar-refractivity contribution is 9.12. The van der Waals surface area contributed by atoms with Gasteiger partial charge in [-0.3, -0.25) is 4.79 Å². The Hall–Kier alpha value is -1.13. The maximum absolute atomic E-state index is 12.3. The van der Waals surface area contributed by atoms with Gasteiger partial charge < -0.3 is 4.74 Å². The lowest BCUT2D eigenvalue weighted by atomic mass is 9.91. The highest BCUT2D eigenvalue weighted by Crippen LogP contribution is 2.39. The maximum Gasteiger partial charge on any atom is 0.204 e. The lowest BCUT2D eigenvalue weighted by Gasteiger charge is -2.19. The second-order valence-electron chi connectivity index (χ2n) is 3.93. The number of carbonyl (C=O) groups is 1. The Labute approximate surface area is 121 Å². The zero-order valence-corrected chi connectivity index (χ0v) is 12.4. The van der Waals surface area contributed by atoms with Gasteiger partial charge in [-0.1, -0.05) is 36.4 Å². The van der Waals surface area contributed by atoms with Crippen molar-refractivity contribution in [3.63, 3.8) is 0 Å². The minimum absolute atomic E-state index is 0.0322. The van der Waals surface area contributed by atoms with E-state index in [1.807, 2.05) is 36.4 Å². The molecule has 2 aromatic rings. The highest BCUT2D eigenvalue weighted by Gasteiger charge is 2.27. The molecule has 0 atom stereocenters. The van der Waals surface area contributed by atoms with E-state index in [1.165, 1.54) is 0 Å². The van der Waals surface area contributed by atoms with Crippen LogP contribution in [-0.4, -0.2) is 11.3 Å². The van der Waals surface area contributed by atoms with E-state index >= 15 is 0 Å². The third-order valence-electron chi connectivity index (χ3n) is 2.99. The monoisotopic (exact) mass is 366 g/mol. The molecule has 0 heterocycles. The van der Waals surface area contributed by atoms with E-state index in [0.29, 0.717) is 15.8 Å². The Morgan fingerprint density at radius 1 is 1.06 bits per heavy atom. The zero-order chi connectivity index (χ0) is 12.7. The third-order valence-corrected chi connectivity index (χ3v) is 3.94. The smallest absolute Gasteiger partial charge is 0.204 e. The molecule has 0 spiro atoms. The number of hydrogen-bond acceptors (Lipinski definition) is 2. The molecule has 0 amide bonds. The number of rotatable bonds is 2. The summed E-state index contributed by atoms with van der Waals surface area (Å²) in [5.74, 6) is 0.566. The van der Waals surface area contributed by atoms with Crippen molar-refractivity contribution in [2.24, 2.45) is 0 Å². The molecule has 0 aromatic heterocycles. The van der Waals surface area contributed by atoms with Gasteiger partial charge in [-0.2, -0.15) is 0 Å². The summed E-state index contributed by atoms with van der Waals surface area (Å²) in [7, 11) is 0. The molecule has 0 saturated carbocycles. The quantitative estimate of drug-likeness (QED) is 0.732. The first-order valence-corrected chi connectivity index (χ1v) is 7.31. The number of ketones is 1. The van der Waals surface area contributed by atoms with Gasteiger partial charge in [0.2, 0.25) is 5.78 Å². The molecular weight excluding hydrogens is 360 g/mol. The number of ether oxygens (including phenoxy) is 1. The van der Waals surface area contributed by atoms with E-state index in [0.717, 1.165) is 21.9 Å². The largest absolute Gasteiger partial charge is 0.480 e. The summed E-state index contributed by atoms with van der Waals surface area (Å²) in [6.07, 6.45) is 0. The summed E-state index contributed by atoms with van der Waals surface area (Å²) >= 11 is 6.57. The van der Waals surface area contributed by atoms with Gasteiger partial charge in [0.05, 0.1) is 0 Å². The van der Waals surface area contributed by atoms with Crippen molar-refractivity contribution in [1.82, 2.24) is 0 Å². The Balaban J connectivity index is 2.41. The number of halogens is 2. The van der Waals surface area contributed by atoms with Gasteiger partial charge in [-0.05, 0) is 37.2 Å². The second-order valence-corrected chi connectivity index (χ2v) is 5.19. The first kappa shape index (κ1) is 11.9. The number of allylic oxidation sites excluding steroid dienone is 1. The normalized spacial score (nSPS) is 14.2. The van der Waals surface area contributed by atoms with Crippen LogP contribution in [0.2, 0.25) is 0 Å². The molecule has 1 aliphatic carbocycles. The minimum Gasteiger partial charge on any atom is -0.480 e. The number of benzene rings is 2. The van der Waals surface area contributed by atoms with E-state index in [-0.39, 0.29) is 5.78 Å². The fraction of sp³-hybridized carbons (Fsp3) is 0.0714. The van der Waals surface area contributed by atoms with E-state index in [2.05, 4.69) is 31.9 Å². The predicted molar refractivity (Wildman–Crippen MR) is 79.0 cm³/mol. The van der Waals surface area contributed by atoms with Crippen molar-refractivity contribution in [3.05, 3.63) is 52.0 Å². The summed E-state index contributed by atoms with van der Waals surface area (Å²) in [5.41, 5.74) is 2.02. The van der Waals surface area contributed by atoms with E-state index < -0.39 is 0 Å². The maximum atomic E-state index is 12.3. The van der Waals surface area contributed by atoms with Crippen molar-refractivity contribution in [3.8, 4) is 0 Å². The molecule has 3 rings (SSSR count). The van der Waals surface area contributed by atoms with Crippen LogP contribution in [0.25, 0.3) is 16.5 Å². The number of Topliss-reactive ketones (excluding diaryl/α,β-unsaturated/α-hetero) is 1. The van der Waals surface area contributed by atoms with Gasteiger partial charge in [0.25, 0.3) is 0 Å². The van der Waals surface area contributed by atoms with Crippen molar-refractivity contribution in [2.45, 2.75) is 0 Å². The zero-order valence-electron chi connectivity index (χ0n) is 9.24. The number of hydrogen-bond donors (Lipinski definition) is 0. The highest BCUT2D eigenvalue weighted by atomic mass is 79.9. The van der Waals surface area contributed by atoms with Gasteiger partial charge >= 0.3 is 0 Å². The minimum atomic E-state index is -0.0322. The van der Waals surface area contributed by atoms with E-state index in [1.54, 1.807) is 0 Å². The summed E-state index contributed by atoms with van der Waals surface area (Å²) < 4.78 is 6.02. The molecule has 0 saturated heterocycles. The fourth-order valence-electron chi connectivity index (χ4n) is 2.25. The molecule has 2 aromatic carbocycles. The van der Waals surface area contributed by atoms with Crippen LogP contribution >= 0.6 is 31.9 Å². The summed E-state index contributed by atoms with van der Waals surface area (Å²) in [6, 6.07) is 11.7. The van der Waals surface area contributed by atoms with Crippen LogP contribution in [0.4, 0.5) is 0 Å². The lowest BCUT2D eigenvalue weighted by molar-refractivity contribution is 0.104. The average molecular weight is 368 g/mol. The molecule has 0 fully saturated rings. The van der Waals surface area contributed by atoms with Gasteiger partial charge in [-0.25, -0.2) is 0 Å². The first-order valence-electron chi connectivity index (χ1n) is 5.39. The van der Waals surface area contributed by atoms with Crippen LogP contribution in [-0.2, 0) is 4.74 Å². The molecule has 0 aliphatic heterocycles. The van der Waals surface area contributed by atoms with Crippen molar-refractivity contribution < 1.29 is 9.53 Å². The average Bonchev–Trinajstić information content (AvgIpc) is 2.41. The summed E-state index contributed by atoms with van der Waals surface area (Å²) in [6.45, 7) is 0. The summed E-state index contributed by atoms with van der Waals surface area (Å²) in [4.78, 5) is 12.3. The van der Waals surface area contributed by atoms with Crippen LogP contribution < -0.4 is 0 Å². The Morgan fingerprint density at radius 3 is 2.39 bits per heavy atom. The molecule has 2 nitrogen and oxygen atoms in total. The molecule has 1 aliphatic rings. The van der Waals surface area contributed by atoms with Gasteiger partial charge in [0.15, 0.2) is 0 Å². The van der Waals surface area contributed by atoms with Crippen LogP contribution in [0.3, 0.4) is 0 Å². The Bertz CT molecular complexity index is 684. The van der Waals surface area contributed by atoms with Gasteiger partial charge in [-0.15, -0.1) is 0 Å². The second kappa shape index (κ2) is 4.52. The third kappa shape index (κ3) is 1.63. The van der Waals surface area contributed by atoms with Crippen molar-refractivity contribution >= 4 is 54.2 Å². The standard InChI is InChI=1S/C14H8Br2O2/c15-7-18-14-10-6-2-4-8-3-1-5-9(11(8)10)13(17)12(14)16/h1-6H,7H2.